The molecule has 1 heterocycles. The maximum atomic E-state index is 12.8. The molecule has 0 saturated heterocycles. The summed E-state index contributed by atoms with van der Waals surface area (Å²) in [4.78, 5) is 11.6. The van der Waals surface area contributed by atoms with Gasteiger partial charge in [-0.2, -0.15) is 13.2 Å². The number of hydrogen-bond donors (Lipinski definition) is 0. The molecule has 3 nitrogen and oxygen atoms in total. The minimum Gasteiger partial charge on any atom is -0.485 e. The van der Waals surface area contributed by atoms with Crippen LogP contribution in [0.3, 0.4) is 0 Å². The SMILES string of the molecule is COC(=O)c1cccc(C2Cc3cc(C(F)(F)F)ccc3O2)c1. The molecule has 2 aromatic rings. The van der Waals surface area contributed by atoms with Crippen LogP contribution >= 0.6 is 0 Å². The molecule has 0 amide bonds. The third-order valence-electron chi connectivity index (χ3n) is 3.74. The second-order valence-corrected chi connectivity index (χ2v) is 5.25. The van der Waals surface area contributed by atoms with Crippen LogP contribution in [0.4, 0.5) is 13.2 Å². The topological polar surface area (TPSA) is 35.5 Å². The van der Waals surface area contributed by atoms with Gasteiger partial charge < -0.3 is 9.47 Å². The molecule has 0 bridgehead atoms. The van der Waals surface area contributed by atoms with Crippen molar-refractivity contribution in [2.24, 2.45) is 0 Å². The van der Waals surface area contributed by atoms with E-state index in [2.05, 4.69) is 4.74 Å². The van der Waals surface area contributed by atoms with Crippen LogP contribution in [0.5, 0.6) is 5.75 Å². The van der Waals surface area contributed by atoms with Crippen molar-refractivity contribution in [3.63, 3.8) is 0 Å². The van der Waals surface area contributed by atoms with Crippen molar-refractivity contribution in [1.82, 2.24) is 0 Å². The minimum atomic E-state index is -4.38. The first-order valence-corrected chi connectivity index (χ1v) is 6.93. The first-order chi connectivity index (χ1) is 10.9. The van der Waals surface area contributed by atoms with Crippen molar-refractivity contribution in [2.45, 2.75) is 18.7 Å². The molecular weight excluding hydrogens is 309 g/mol. The highest BCUT2D eigenvalue weighted by Crippen LogP contribution is 2.40. The lowest BCUT2D eigenvalue weighted by Gasteiger charge is -2.12. The average Bonchev–Trinajstić information content (AvgIpc) is 2.96. The molecule has 0 spiro atoms. The van der Waals surface area contributed by atoms with Gasteiger partial charge in [0.05, 0.1) is 18.2 Å². The normalized spacial score (nSPS) is 16.6. The fraction of sp³-hybridized carbons (Fsp3) is 0.235. The highest BCUT2D eigenvalue weighted by atomic mass is 19.4. The summed E-state index contributed by atoms with van der Waals surface area (Å²) in [5.41, 5.74) is 0.912. The van der Waals surface area contributed by atoms with Gasteiger partial charge in [0.1, 0.15) is 11.9 Å². The molecule has 6 heteroatoms. The molecule has 120 valence electrons. The van der Waals surface area contributed by atoms with Crippen LogP contribution in [-0.4, -0.2) is 13.1 Å². The lowest BCUT2D eigenvalue weighted by atomic mass is 10.0. The predicted octanol–water partition coefficient (Wildman–Crippen LogP) is 4.17. The van der Waals surface area contributed by atoms with E-state index in [1.165, 1.54) is 13.2 Å². The number of hydrogen-bond acceptors (Lipinski definition) is 3. The Hall–Kier alpha value is -2.50. The van der Waals surface area contributed by atoms with Crippen molar-refractivity contribution in [3.05, 3.63) is 64.7 Å². The van der Waals surface area contributed by atoms with Crippen molar-refractivity contribution >= 4 is 5.97 Å². The Balaban J connectivity index is 1.86. The lowest BCUT2D eigenvalue weighted by molar-refractivity contribution is -0.137. The van der Waals surface area contributed by atoms with Crippen molar-refractivity contribution in [1.29, 1.82) is 0 Å². The third-order valence-corrected chi connectivity index (χ3v) is 3.74. The van der Waals surface area contributed by atoms with Gasteiger partial charge in [-0.1, -0.05) is 12.1 Å². The fourth-order valence-electron chi connectivity index (χ4n) is 2.59. The van der Waals surface area contributed by atoms with Crippen molar-refractivity contribution < 1.29 is 27.4 Å². The van der Waals surface area contributed by atoms with E-state index in [1.807, 2.05) is 0 Å². The second-order valence-electron chi connectivity index (χ2n) is 5.25. The highest BCUT2D eigenvalue weighted by molar-refractivity contribution is 5.89. The Morgan fingerprint density at radius 3 is 2.70 bits per heavy atom. The van der Waals surface area contributed by atoms with E-state index in [0.717, 1.165) is 17.7 Å². The Kier molecular flexibility index (Phi) is 3.75. The summed E-state index contributed by atoms with van der Waals surface area (Å²) in [7, 11) is 1.29. The molecule has 0 saturated carbocycles. The van der Waals surface area contributed by atoms with Gasteiger partial charge in [0, 0.05) is 6.42 Å². The van der Waals surface area contributed by atoms with Crippen molar-refractivity contribution in [3.8, 4) is 5.75 Å². The van der Waals surface area contributed by atoms with Crippen molar-refractivity contribution in [2.75, 3.05) is 7.11 Å². The standard InChI is InChI=1S/C17H13F3O3/c1-22-16(21)11-4-2-3-10(7-11)15-9-12-8-13(17(18,19)20)5-6-14(12)23-15/h2-8,15H,9H2,1H3. The Morgan fingerprint density at radius 1 is 1.22 bits per heavy atom. The van der Waals surface area contributed by atoms with E-state index in [0.29, 0.717) is 23.3 Å². The van der Waals surface area contributed by atoms with Gasteiger partial charge >= 0.3 is 12.1 Å². The lowest BCUT2D eigenvalue weighted by Crippen LogP contribution is -2.06. The van der Waals surface area contributed by atoms with Gasteiger partial charge in [-0.15, -0.1) is 0 Å². The molecule has 3 rings (SSSR count). The Labute approximate surface area is 130 Å². The number of carbonyl (C=O) groups excluding carboxylic acids is 1. The van der Waals surface area contributed by atoms with E-state index in [4.69, 9.17) is 4.74 Å². The van der Waals surface area contributed by atoms with Gasteiger partial charge in [-0.05, 0) is 41.5 Å². The molecule has 0 N–H and O–H groups in total. The number of ether oxygens (including phenoxy) is 2. The molecule has 1 unspecified atom stereocenters. The largest absolute Gasteiger partial charge is 0.485 e. The Bertz CT molecular complexity index is 753. The third kappa shape index (κ3) is 3.02. The molecule has 1 atom stereocenters. The van der Waals surface area contributed by atoms with E-state index in [1.54, 1.807) is 24.3 Å². The zero-order chi connectivity index (χ0) is 16.6. The summed E-state index contributed by atoms with van der Waals surface area (Å²) in [5.74, 6) is -0.0341. The zero-order valence-electron chi connectivity index (χ0n) is 12.2. The molecule has 23 heavy (non-hydrogen) atoms. The van der Waals surface area contributed by atoms with Gasteiger partial charge in [0.15, 0.2) is 0 Å². The molecule has 2 aromatic carbocycles. The average molecular weight is 322 g/mol. The number of esters is 1. The molecular formula is C17H13F3O3. The van der Waals surface area contributed by atoms with Gasteiger partial charge in [-0.25, -0.2) is 4.79 Å². The summed E-state index contributed by atoms with van der Waals surface area (Å²) in [6, 6.07) is 10.2. The number of benzene rings is 2. The molecule has 0 radical (unpaired) electrons. The van der Waals surface area contributed by atoms with E-state index >= 15 is 0 Å². The summed E-state index contributed by atoms with van der Waals surface area (Å²) >= 11 is 0. The monoisotopic (exact) mass is 322 g/mol. The maximum absolute atomic E-state index is 12.8. The van der Waals surface area contributed by atoms with Gasteiger partial charge in [0.25, 0.3) is 0 Å². The number of carbonyl (C=O) groups is 1. The zero-order valence-corrected chi connectivity index (χ0v) is 12.2. The van der Waals surface area contributed by atoms with Gasteiger partial charge in [-0.3, -0.25) is 0 Å². The van der Waals surface area contributed by atoms with Gasteiger partial charge in [0.2, 0.25) is 0 Å². The first kappa shape index (κ1) is 15.4. The number of methoxy groups -OCH3 is 1. The van der Waals surface area contributed by atoms with E-state index in [9.17, 15) is 18.0 Å². The Morgan fingerprint density at radius 2 is 2.00 bits per heavy atom. The quantitative estimate of drug-likeness (QED) is 0.779. The number of alkyl halides is 3. The summed E-state index contributed by atoms with van der Waals surface area (Å²) < 4.78 is 48.7. The minimum absolute atomic E-state index is 0.323. The smallest absolute Gasteiger partial charge is 0.416 e. The summed E-state index contributed by atoms with van der Waals surface area (Å²) in [6.45, 7) is 0. The van der Waals surface area contributed by atoms with E-state index < -0.39 is 23.8 Å². The molecule has 0 aliphatic carbocycles. The molecule has 0 aromatic heterocycles. The van der Waals surface area contributed by atoms with Crippen LogP contribution in [0, 0.1) is 0 Å². The van der Waals surface area contributed by atoms with Crippen LogP contribution < -0.4 is 4.74 Å². The fourth-order valence-corrected chi connectivity index (χ4v) is 2.59. The first-order valence-electron chi connectivity index (χ1n) is 6.93. The summed E-state index contributed by atoms with van der Waals surface area (Å²) in [5, 5.41) is 0. The number of fused-ring (bicyclic) bond motifs is 1. The second kappa shape index (κ2) is 5.61. The van der Waals surface area contributed by atoms with Crippen LogP contribution in [-0.2, 0) is 17.3 Å². The maximum Gasteiger partial charge on any atom is 0.416 e. The number of halogens is 3. The predicted molar refractivity (Wildman–Crippen MR) is 76.3 cm³/mol. The van der Waals surface area contributed by atoms with Crippen LogP contribution in [0.1, 0.15) is 33.2 Å². The molecule has 1 aliphatic heterocycles. The summed E-state index contributed by atoms with van der Waals surface area (Å²) in [6.07, 6.45) is -4.47. The molecule has 0 fully saturated rings. The van der Waals surface area contributed by atoms with Crippen LogP contribution in [0.15, 0.2) is 42.5 Å². The van der Waals surface area contributed by atoms with E-state index in [-0.39, 0.29) is 0 Å². The van der Waals surface area contributed by atoms with Crippen LogP contribution in [0.2, 0.25) is 0 Å². The molecule has 1 aliphatic rings. The highest BCUT2D eigenvalue weighted by Gasteiger charge is 2.33. The number of rotatable bonds is 2. The van der Waals surface area contributed by atoms with Crippen LogP contribution in [0.25, 0.3) is 0 Å².